The maximum atomic E-state index is 12.2. The second-order valence-electron chi connectivity index (χ2n) is 4.20. The van der Waals surface area contributed by atoms with E-state index in [1.165, 1.54) is 11.3 Å². The Bertz CT molecular complexity index is 630. The van der Waals surface area contributed by atoms with Crippen molar-refractivity contribution in [1.82, 2.24) is 9.88 Å². The van der Waals surface area contributed by atoms with Crippen LogP contribution in [0.15, 0.2) is 23.6 Å². The average Bonchev–Trinajstić information content (AvgIpc) is 2.91. The molecule has 0 aliphatic heterocycles. The van der Waals surface area contributed by atoms with E-state index < -0.39 is 0 Å². The van der Waals surface area contributed by atoms with E-state index in [0.29, 0.717) is 28.8 Å². The molecule has 1 aromatic heterocycles. The maximum absolute atomic E-state index is 12.2. The number of thiazole rings is 1. The summed E-state index contributed by atoms with van der Waals surface area (Å²) in [6.07, 6.45) is 0. The highest BCUT2D eigenvalue weighted by Crippen LogP contribution is 2.26. The molecule has 0 bridgehead atoms. The van der Waals surface area contributed by atoms with Crippen LogP contribution in [0.25, 0.3) is 0 Å². The first-order chi connectivity index (χ1) is 9.52. The van der Waals surface area contributed by atoms with E-state index in [2.05, 4.69) is 4.98 Å². The van der Waals surface area contributed by atoms with Crippen molar-refractivity contribution in [2.75, 3.05) is 7.05 Å². The van der Waals surface area contributed by atoms with Crippen molar-refractivity contribution in [1.29, 1.82) is 0 Å². The van der Waals surface area contributed by atoms with Gasteiger partial charge in [0.05, 0.1) is 10.0 Å². The van der Waals surface area contributed by atoms with Gasteiger partial charge in [-0.3, -0.25) is 4.79 Å². The van der Waals surface area contributed by atoms with Crippen LogP contribution >= 0.6 is 34.5 Å². The fraction of sp³-hybridized carbons (Fsp3) is 0.231. The molecule has 0 spiro atoms. The molecule has 0 unspecified atom stereocenters. The first-order valence-electron chi connectivity index (χ1n) is 5.85. The van der Waals surface area contributed by atoms with E-state index in [4.69, 9.17) is 28.9 Å². The lowest BCUT2D eigenvalue weighted by Gasteiger charge is -2.17. The molecule has 0 fully saturated rings. The number of rotatable bonds is 4. The van der Waals surface area contributed by atoms with Crippen LogP contribution in [0.1, 0.15) is 21.1 Å². The van der Waals surface area contributed by atoms with Gasteiger partial charge in [0.1, 0.15) is 10.7 Å². The summed E-state index contributed by atoms with van der Waals surface area (Å²) < 4.78 is 0. The van der Waals surface area contributed by atoms with Gasteiger partial charge in [-0.1, -0.05) is 35.3 Å². The van der Waals surface area contributed by atoms with Crippen LogP contribution in [0.2, 0.25) is 10.0 Å². The number of carbonyl (C=O) groups excluding carboxylic acids is 1. The first-order valence-corrected chi connectivity index (χ1v) is 7.49. The predicted molar refractivity (Wildman–Crippen MR) is 82.3 cm³/mol. The fourth-order valence-corrected chi connectivity index (χ4v) is 2.72. The molecule has 1 amide bonds. The highest BCUT2D eigenvalue weighted by atomic mass is 35.5. The van der Waals surface area contributed by atoms with E-state index in [1.54, 1.807) is 29.5 Å². The van der Waals surface area contributed by atoms with Crippen LogP contribution in [0.4, 0.5) is 0 Å². The van der Waals surface area contributed by atoms with E-state index in [1.807, 2.05) is 6.07 Å². The highest BCUT2D eigenvalue weighted by Gasteiger charge is 2.17. The molecule has 7 heteroatoms. The molecular weight excluding hydrogens is 317 g/mol. The maximum Gasteiger partial charge on any atom is 0.273 e. The molecule has 0 aliphatic carbocycles. The zero-order chi connectivity index (χ0) is 14.7. The quantitative estimate of drug-likeness (QED) is 0.937. The number of hydrogen-bond donors (Lipinski definition) is 1. The SMILES string of the molecule is CN(Cc1cccc(Cl)c1Cl)C(=O)c1csc(CN)n1. The highest BCUT2D eigenvalue weighted by molar-refractivity contribution is 7.09. The second-order valence-corrected chi connectivity index (χ2v) is 5.93. The van der Waals surface area contributed by atoms with Crippen LogP contribution in [0.5, 0.6) is 0 Å². The molecule has 0 saturated heterocycles. The zero-order valence-corrected chi connectivity index (χ0v) is 13.1. The van der Waals surface area contributed by atoms with Crippen LogP contribution in [-0.2, 0) is 13.1 Å². The average molecular weight is 330 g/mol. The Kier molecular flexibility index (Phi) is 4.99. The van der Waals surface area contributed by atoms with Gasteiger partial charge in [0, 0.05) is 25.5 Å². The summed E-state index contributed by atoms with van der Waals surface area (Å²) in [5.41, 5.74) is 6.69. The van der Waals surface area contributed by atoms with E-state index in [0.717, 1.165) is 10.6 Å². The Hall–Kier alpha value is -1.14. The summed E-state index contributed by atoms with van der Waals surface area (Å²) in [7, 11) is 1.70. The molecule has 4 nitrogen and oxygen atoms in total. The van der Waals surface area contributed by atoms with E-state index >= 15 is 0 Å². The topological polar surface area (TPSA) is 59.2 Å². The van der Waals surface area contributed by atoms with E-state index in [-0.39, 0.29) is 5.91 Å². The van der Waals surface area contributed by atoms with Crippen molar-refractivity contribution in [3.05, 3.63) is 49.9 Å². The second kappa shape index (κ2) is 6.54. The Balaban J connectivity index is 2.13. The van der Waals surface area contributed by atoms with Gasteiger partial charge < -0.3 is 10.6 Å². The van der Waals surface area contributed by atoms with Crippen LogP contribution < -0.4 is 5.73 Å². The summed E-state index contributed by atoms with van der Waals surface area (Å²) in [4.78, 5) is 18.0. The van der Waals surface area contributed by atoms with Crippen molar-refractivity contribution < 1.29 is 4.79 Å². The van der Waals surface area contributed by atoms with Crippen LogP contribution in [0.3, 0.4) is 0 Å². The number of nitrogens with zero attached hydrogens (tertiary/aromatic N) is 2. The normalized spacial score (nSPS) is 10.6. The molecule has 20 heavy (non-hydrogen) atoms. The van der Waals surface area contributed by atoms with Crippen molar-refractivity contribution in [3.63, 3.8) is 0 Å². The third kappa shape index (κ3) is 3.30. The van der Waals surface area contributed by atoms with Gasteiger partial charge in [-0.25, -0.2) is 4.98 Å². The minimum Gasteiger partial charge on any atom is -0.336 e. The number of aromatic nitrogens is 1. The minimum absolute atomic E-state index is 0.169. The van der Waals surface area contributed by atoms with Gasteiger partial charge in [-0.2, -0.15) is 0 Å². The lowest BCUT2D eigenvalue weighted by Crippen LogP contribution is -2.26. The minimum atomic E-state index is -0.169. The Labute approximate surface area is 131 Å². The summed E-state index contributed by atoms with van der Waals surface area (Å²) in [5, 5.41) is 3.39. The number of hydrogen-bond acceptors (Lipinski definition) is 4. The molecule has 1 aromatic carbocycles. The lowest BCUT2D eigenvalue weighted by molar-refractivity contribution is 0.0780. The molecule has 0 radical (unpaired) electrons. The molecular formula is C13H13Cl2N3OS. The lowest BCUT2D eigenvalue weighted by atomic mass is 10.2. The van der Waals surface area contributed by atoms with Gasteiger partial charge in [0.25, 0.3) is 5.91 Å². The summed E-state index contributed by atoms with van der Waals surface area (Å²) >= 11 is 13.4. The number of amides is 1. The molecule has 106 valence electrons. The van der Waals surface area contributed by atoms with Crippen molar-refractivity contribution in [3.8, 4) is 0 Å². The molecule has 0 aliphatic rings. The summed E-state index contributed by atoms with van der Waals surface area (Å²) in [6.45, 7) is 0.704. The number of carbonyl (C=O) groups is 1. The van der Waals surface area contributed by atoms with Crippen molar-refractivity contribution in [2.45, 2.75) is 13.1 Å². The monoisotopic (exact) mass is 329 g/mol. The Morgan fingerprint density at radius 2 is 2.20 bits per heavy atom. The number of benzene rings is 1. The van der Waals surface area contributed by atoms with Crippen molar-refractivity contribution >= 4 is 40.4 Å². The number of halogens is 2. The van der Waals surface area contributed by atoms with Gasteiger partial charge in [-0.05, 0) is 11.6 Å². The molecule has 2 rings (SSSR count). The zero-order valence-electron chi connectivity index (χ0n) is 10.8. The largest absolute Gasteiger partial charge is 0.336 e. The van der Waals surface area contributed by atoms with Crippen LogP contribution in [0, 0.1) is 0 Å². The molecule has 0 atom stereocenters. The fourth-order valence-electron chi connectivity index (χ4n) is 1.70. The number of nitrogens with two attached hydrogens (primary N) is 1. The van der Waals surface area contributed by atoms with E-state index in [9.17, 15) is 4.79 Å². The smallest absolute Gasteiger partial charge is 0.273 e. The summed E-state index contributed by atoms with van der Waals surface area (Å²) in [5.74, 6) is -0.169. The molecule has 1 heterocycles. The molecule has 0 saturated carbocycles. The summed E-state index contributed by atoms with van der Waals surface area (Å²) in [6, 6.07) is 5.35. The van der Waals surface area contributed by atoms with Gasteiger partial charge >= 0.3 is 0 Å². The van der Waals surface area contributed by atoms with Gasteiger partial charge in [0.15, 0.2) is 0 Å². The standard InChI is InChI=1S/C13H13Cl2N3OS/c1-18(6-8-3-2-4-9(14)12(8)15)13(19)10-7-20-11(5-16)17-10/h2-4,7H,5-6,16H2,1H3. The van der Waals surface area contributed by atoms with Gasteiger partial charge in [-0.15, -0.1) is 11.3 Å². The molecule has 2 aromatic rings. The Morgan fingerprint density at radius 1 is 1.45 bits per heavy atom. The van der Waals surface area contributed by atoms with Crippen LogP contribution in [-0.4, -0.2) is 22.8 Å². The Morgan fingerprint density at radius 3 is 2.85 bits per heavy atom. The third-order valence-electron chi connectivity index (χ3n) is 2.73. The first kappa shape index (κ1) is 15.3. The molecule has 2 N–H and O–H groups in total. The third-order valence-corrected chi connectivity index (χ3v) is 4.46. The predicted octanol–water partition coefficient (Wildman–Crippen LogP) is 3.18. The van der Waals surface area contributed by atoms with Gasteiger partial charge in [0.2, 0.25) is 0 Å². The van der Waals surface area contributed by atoms with Crippen molar-refractivity contribution in [2.24, 2.45) is 5.73 Å².